The Labute approximate surface area is 129 Å². The number of nitrogens with one attached hydrogen (secondary N) is 2. The van der Waals surface area contributed by atoms with E-state index in [1.54, 1.807) is 0 Å². The van der Waals surface area contributed by atoms with Crippen LogP contribution < -0.4 is 10.6 Å². The van der Waals surface area contributed by atoms with Crippen molar-refractivity contribution in [2.24, 2.45) is 5.41 Å². The number of benzene rings is 1. The number of hydrogen-bond acceptors (Lipinski definition) is 3. The summed E-state index contributed by atoms with van der Waals surface area (Å²) in [5.41, 5.74) is 3.11. The van der Waals surface area contributed by atoms with Crippen LogP contribution in [0.3, 0.4) is 0 Å². The minimum absolute atomic E-state index is 0.497. The molecule has 2 aliphatic heterocycles. The van der Waals surface area contributed by atoms with E-state index in [4.69, 9.17) is 0 Å². The van der Waals surface area contributed by atoms with E-state index in [0.717, 1.165) is 0 Å². The van der Waals surface area contributed by atoms with Gasteiger partial charge in [-0.15, -0.1) is 0 Å². The number of piperidine rings is 1. The lowest BCUT2D eigenvalue weighted by Crippen LogP contribution is -2.44. The van der Waals surface area contributed by atoms with E-state index in [1.165, 1.54) is 63.2 Å². The van der Waals surface area contributed by atoms with Crippen molar-refractivity contribution in [1.29, 1.82) is 0 Å². The summed E-state index contributed by atoms with van der Waals surface area (Å²) in [6, 6.07) is 9.37. The van der Waals surface area contributed by atoms with Crippen LogP contribution in [0.4, 0.5) is 5.69 Å². The molecule has 0 aromatic heterocycles. The van der Waals surface area contributed by atoms with Crippen molar-refractivity contribution in [1.82, 2.24) is 10.2 Å². The van der Waals surface area contributed by atoms with Crippen LogP contribution in [0.15, 0.2) is 24.3 Å². The molecular weight excluding hydrogens is 258 g/mol. The Balaban J connectivity index is 1.46. The lowest BCUT2D eigenvalue weighted by molar-refractivity contribution is 0.148. The van der Waals surface area contributed by atoms with Crippen LogP contribution in [0.5, 0.6) is 0 Å². The van der Waals surface area contributed by atoms with Crippen LogP contribution in [0, 0.1) is 12.3 Å². The zero-order valence-electron chi connectivity index (χ0n) is 13.5. The average Bonchev–Trinajstić information content (AvgIpc) is 2.88. The fourth-order valence-electron chi connectivity index (χ4n) is 3.75. The molecule has 1 atom stereocenters. The fourth-order valence-corrected chi connectivity index (χ4v) is 3.75. The second-order valence-electron chi connectivity index (χ2n) is 7.30. The first-order valence-electron chi connectivity index (χ1n) is 8.39. The maximum atomic E-state index is 3.71. The van der Waals surface area contributed by atoms with Gasteiger partial charge in [-0.3, -0.25) is 0 Å². The highest BCUT2D eigenvalue weighted by molar-refractivity contribution is 5.46. The monoisotopic (exact) mass is 287 g/mol. The van der Waals surface area contributed by atoms with Gasteiger partial charge in [0.25, 0.3) is 0 Å². The third kappa shape index (κ3) is 3.98. The third-order valence-corrected chi connectivity index (χ3v) is 5.04. The summed E-state index contributed by atoms with van der Waals surface area (Å²) in [6.07, 6.45) is 3.85. The molecule has 1 unspecified atom stereocenters. The second-order valence-corrected chi connectivity index (χ2v) is 7.30. The van der Waals surface area contributed by atoms with Crippen molar-refractivity contribution in [2.75, 3.05) is 38.0 Å². The molecule has 3 heteroatoms. The molecule has 2 heterocycles. The smallest absolute Gasteiger partial charge is 0.0344 e. The molecule has 0 saturated carbocycles. The molecule has 3 nitrogen and oxygen atoms in total. The lowest BCUT2D eigenvalue weighted by Gasteiger charge is -2.37. The SMILES string of the molecule is Cc1cccc(NC2CCN(CC3(C)CCNC3)CC2)c1. The van der Waals surface area contributed by atoms with E-state index >= 15 is 0 Å². The molecule has 2 fully saturated rings. The van der Waals surface area contributed by atoms with Gasteiger partial charge in [0.1, 0.15) is 0 Å². The second kappa shape index (κ2) is 6.37. The van der Waals surface area contributed by atoms with Crippen molar-refractivity contribution >= 4 is 5.69 Å². The molecule has 1 aromatic rings. The van der Waals surface area contributed by atoms with Gasteiger partial charge in [0.15, 0.2) is 0 Å². The number of likely N-dealkylation sites (tertiary alicyclic amines) is 1. The topological polar surface area (TPSA) is 27.3 Å². The Morgan fingerprint density at radius 1 is 1.33 bits per heavy atom. The third-order valence-electron chi connectivity index (χ3n) is 5.04. The summed E-state index contributed by atoms with van der Waals surface area (Å²) in [5.74, 6) is 0. The summed E-state index contributed by atoms with van der Waals surface area (Å²) in [5, 5.41) is 7.22. The molecule has 0 aliphatic carbocycles. The number of hydrogen-bond donors (Lipinski definition) is 2. The van der Waals surface area contributed by atoms with Crippen molar-refractivity contribution in [3.63, 3.8) is 0 Å². The van der Waals surface area contributed by atoms with E-state index in [2.05, 4.69) is 53.6 Å². The van der Waals surface area contributed by atoms with E-state index < -0.39 is 0 Å². The van der Waals surface area contributed by atoms with Crippen LogP contribution in [0.25, 0.3) is 0 Å². The van der Waals surface area contributed by atoms with Gasteiger partial charge in [0.2, 0.25) is 0 Å². The minimum atomic E-state index is 0.497. The minimum Gasteiger partial charge on any atom is -0.382 e. The zero-order valence-corrected chi connectivity index (χ0v) is 13.5. The van der Waals surface area contributed by atoms with Crippen LogP contribution in [-0.2, 0) is 0 Å². The summed E-state index contributed by atoms with van der Waals surface area (Å²) in [6.45, 7) is 10.7. The van der Waals surface area contributed by atoms with Crippen molar-refractivity contribution in [3.8, 4) is 0 Å². The number of aryl methyl sites for hydroxylation is 1. The van der Waals surface area contributed by atoms with Crippen LogP contribution >= 0.6 is 0 Å². The number of nitrogens with zero attached hydrogens (tertiary/aromatic N) is 1. The van der Waals surface area contributed by atoms with Gasteiger partial charge in [-0.2, -0.15) is 0 Å². The Morgan fingerprint density at radius 2 is 2.14 bits per heavy atom. The summed E-state index contributed by atoms with van der Waals surface area (Å²) < 4.78 is 0. The molecule has 2 saturated heterocycles. The molecule has 0 bridgehead atoms. The maximum Gasteiger partial charge on any atom is 0.0344 e. The predicted molar refractivity (Wildman–Crippen MR) is 89.9 cm³/mol. The highest BCUT2D eigenvalue weighted by atomic mass is 15.2. The molecule has 21 heavy (non-hydrogen) atoms. The first-order valence-corrected chi connectivity index (χ1v) is 8.39. The first-order chi connectivity index (χ1) is 10.1. The molecule has 2 aliphatic rings. The van der Waals surface area contributed by atoms with Crippen LogP contribution in [0.2, 0.25) is 0 Å². The Morgan fingerprint density at radius 3 is 2.81 bits per heavy atom. The summed E-state index contributed by atoms with van der Waals surface area (Å²) >= 11 is 0. The number of anilines is 1. The van der Waals surface area contributed by atoms with Crippen molar-refractivity contribution in [2.45, 2.75) is 39.2 Å². The normalized spacial score (nSPS) is 27.9. The molecular formula is C18H29N3. The van der Waals surface area contributed by atoms with Gasteiger partial charge in [0.05, 0.1) is 0 Å². The van der Waals surface area contributed by atoms with E-state index in [9.17, 15) is 0 Å². The standard InChI is InChI=1S/C18H29N3/c1-15-4-3-5-17(12-15)20-16-6-10-21(11-7-16)14-18(2)8-9-19-13-18/h3-5,12,16,19-20H,6-11,13-14H2,1-2H3. The molecule has 0 amide bonds. The van der Waals surface area contributed by atoms with Crippen LogP contribution in [0.1, 0.15) is 31.7 Å². The summed E-state index contributed by atoms with van der Waals surface area (Å²) in [7, 11) is 0. The van der Waals surface area contributed by atoms with Crippen molar-refractivity contribution in [3.05, 3.63) is 29.8 Å². The number of rotatable bonds is 4. The van der Waals surface area contributed by atoms with Crippen LogP contribution in [-0.4, -0.2) is 43.7 Å². The van der Waals surface area contributed by atoms with E-state index in [0.29, 0.717) is 11.5 Å². The largest absolute Gasteiger partial charge is 0.382 e. The average molecular weight is 287 g/mol. The molecule has 0 spiro atoms. The first kappa shape index (κ1) is 14.9. The Bertz CT molecular complexity index is 457. The Hall–Kier alpha value is -1.06. The summed E-state index contributed by atoms with van der Waals surface area (Å²) in [4.78, 5) is 2.67. The molecule has 1 aromatic carbocycles. The van der Waals surface area contributed by atoms with Crippen molar-refractivity contribution < 1.29 is 0 Å². The predicted octanol–water partition coefficient (Wildman–Crippen LogP) is 2.87. The van der Waals surface area contributed by atoms with Gasteiger partial charge < -0.3 is 15.5 Å². The lowest BCUT2D eigenvalue weighted by atomic mass is 9.88. The quantitative estimate of drug-likeness (QED) is 0.891. The molecule has 2 N–H and O–H groups in total. The highest BCUT2D eigenvalue weighted by Gasteiger charge is 2.32. The van der Waals surface area contributed by atoms with Gasteiger partial charge in [-0.25, -0.2) is 0 Å². The van der Waals surface area contributed by atoms with Gasteiger partial charge >= 0.3 is 0 Å². The van der Waals surface area contributed by atoms with Gasteiger partial charge in [-0.05, 0) is 55.8 Å². The maximum absolute atomic E-state index is 3.71. The molecule has 3 rings (SSSR count). The fraction of sp³-hybridized carbons (Fsp3) is 0.667. The molecule has 0 radical (unpaired) electrons. The van der Waals surface area contributed by atoms with Gasteiger partial charge in [0, 0.05) is 37.9 Å². The molecule has 116 valence electrons. The zero-order chi connectivity index (χ0) is 14.7. The highest BCUT2D eigenvalue weighted by Crippen LogP contribution is 2.27. The van der Waals surface area contributed by atoms with Gasteiger partial charge in [-0.1, -0.05) is 19.1 Å². The Kier molecular flexibility index (Phi) is 4.51. The van der Waals surface area contributed by atoms with E-state index in [1.807, 2.05) is 0 Å². The van der Waals surface area contributed by atoms with E-state index in [-0.39, 0.29) is 0 Å².